The maximum atomic E-state index is 10.7. The molecule has 0 amide bonds. The van der Waals surface area contributed by atoms with Crippen LogP contribution in [-0.2, 0) is 9.53 Å². The smallest absolute Gasteiger partial charge is 0.317 e. The Morgan fingerprint density at radius 3 is 2.95 bits per heavy atom. The molecule has 1 aliphatic carbocycles. The minimum atomic E-state index is -0.776. The molecule has 2 rings (SSSR count). The van der Waals surface area contributed by atoms with Crippen LogP contribution in [-0.4, -0.2) is 73.4 Å². The predicted octanol–water partition coefficient (Wildman–Crippen LogP) is 1.92. The minimum Gasteiger partial charge on any atom is -0.480 e. The molecule has 1 saturated heterocycles. The second-order valence-electron chi connectivity index (χ2n) is 7.31. The van der Waals surface area contributed by atoms with Crippen molar-refractivity contribution in [2.24, 2.45) is 11.8 Å². The van der Waals surface area contributed by atoms with Gasteiger partial charge in [0.2, 0.25) is 0 Å². The predicted molar refractivity (Wildman–Crippen MR) is 87.1 cm³/mol. The summed E-state index contributed by atoms with van der Waals surface area (Å²) >= 11 is 0. The van der Waals surface area contributed by atoms with E-state index < -0.39 is 5.97 Å². The second-order valence-corrected chi connectivity index (χ2v) is 7.31. The maximum Gasteiger partial charge on any atom is 0.317 e. The molecule has 22 heavy (non-hydrogen) atoms. The lowest BCUT2D eigenvalue weighted by Crippen LogP contribution is -2.48. The van der Waals surface area contributed by atoms with Crippen molar-refractivity contribution in [3.05, 3.63) is 0 Å². The Morgan fingerprint density at radius 2 is 2.23 bits per heavy atom. The Labute approximate surface area is 134 Å². The van der Waals surface area contributed by atoms with Crippen molar-refractivity contribution < 1.29 is 14.6 Å². The summed E-state index contributed by atoms with van der Waals surface area (Å²) < 4.78 is 5.79. The number of rotatable bonds is 7. The molecule has 128 valence electrons. The number of hydrogen-bond acceptors (Lipinski definition) is 4. The first-order chi connectivity index (χ1) is 10.5. The highest BCUT2D eigenvalue weighted by Gasteiger charge is 2.24. The number of nitrogens with zero attached hydrogens (tertiary/aromatic N) is 2. The van der Waals surface area contributed by atoms with E-state index in [1.807, 2.05) is 11.9 Å². The summed E-state index contributed by atoms with van der Waals surface area (Å²) in [6, 6.07) is 0. The Morgan fingerprint density at radius 1 is 1.41 bits per heavy atom. The third-order valence-corrected chi connectivity index (χ3v) is 5.04. The molecule has 3 unspecified atom stereocenters. The van der Waals surface area contributed by atoms with Crippen LogP contribution in [0.2, 0.25) is 0 Å². The zero-order valence-electron chi connectivity index (χ0n) is 14.2. The molecule has 1 aliphatic heterocycles. The van der Waals surface area contributed by atoms with Gasteiger partial charge in [0.25, 0.3) is 0 Å². The van der Waals surface area contributed by atoms with E-state index in [9.17, 15) is 4.79 Å². The highest BCUT2D eigenvalue weighted by Crippen LogP contribution is 2.30. The van der Waals surface area contributed by atoms with Crippen LogP contribution >= 0.6 is 0 Å². The molecule has 2 fully saturated rings. The fourth-order valence-electron chi connectivity index (χ4n) is 3.92. The number of carboxylic acid groups (broad SMARTS) is 1. The van der Waals surface area contributed by atoms with Gasteiger partial charge in [-0.05, 0) is 38.3 Å². The molecule has 5 heteroatoms. The van der Waals surface area contributed by atoms with Gasteiger partial charge in [-0.25, -0.2) is 0 Å². The molecule has 2 aliphatic rings. The quantitative estimate of drug-likeness (QED) is 0.778. The fraction of sp³-hybridized carbons (Fsp3) is 0.941. The summed E-state index contributed by atoms with van der Waals surface area (Å²) in [6.45, 7) is 7.05. The zero-order valence-corrected chi connectivity index (χ0v) is 14.2. The highest BCUT2D eigenvalue weighted by atomic mass is 16.5. The van der Waals surface area contributed by atoms with Crippen molar-refractivity contribution in [2.45, 2.75) is 45.1 Å². The summed E-state index contributed by atoms with van der Waals surface area (Å²) in [7, 11) is 1.85. The third-order valence-electron chi connectivity index (χ3n) is 5.04. The largest absolute Gasteiger partial charge is 0.480 e. The molecule has 1 heterocycles. The average molecular weight is 312 g/mol. The normalized spacial score (nSPS) is 30.6. The molecule has 5 nitrogen and oxygen atoms in total. The topological polar surface area (TPSA) is 53.0 Å². The zero-order chi connectivity index (χ0) is 15.9. The van der Waals surface area contributed by atoms with Crippen LogP contribution in [0.15, 0.2) is 0 Å². The lowest BCUT2D eigenvalue weighted by molar-refractivity contribution is -0.138. The molecule has 0 spiro atoms. The van der Waals surface area contributed by atoms with Gasteiger partial charge in [0, 0.05) is 19.6 Å². The summed E-state index contributed by atoms with van der Waals surface area (Å²) in [5.74, 6) is 1.03. The van der Waals surface area contributed by atoms with Crippen molar-refractivity contribution in [1.82, 2.24) is 9.80 Å². The van der Waals surface area contributed by atoms with Crippen LogP contribution in [0.1, 0.15) is 39.0 Å². The van der Waals surface area contributed by atoms with Crippen LogP contribution < -0.4 is 0 Å². The van der Waals surface area contributed by atoms with E-state index in [2.05, 4.69) is 11.8 Å². The Balaban J connectivity index is 1.68. The van der Waals surface area contributed by atoms with Crippen LogP contribution in [0.25, 0.3) is 0 Å². The number of likely N-dealkylation sites (N-methyl/N-ethyl adjacent to an activating group) is 1. The summed E-state index contributed by atoms with van der Waals surface area (Å²) in [6.07, 6.45) is 7.06. The standard InChI is InChI=1S/C17H32N2O3/c1-14-4-3-5-15(10-14)6-7-19-8-9-22-16(12-19)11-18(2)13-17(20)21/h14-16H,3-13H2,1-2H3,(H,20,21). The van der Waals surface area contributed by atoms with Crippen molar-refractivity contribution in [3.63, 3.8) is 0 Å². The number of carboxylic acids is 1. The molecule has 1 N–H and O–H groups in total. The fourth-order valence-corrected chi connectivity index (χ4v) is 3.92. The van der Waals surface area contributed by atoms with Crippen molar-refractivity contribution in [1.29, 1.82) is 0 Å². The third kappa shape index (κ3) is 6.23. The number of carbonyl (C=O) groups is 1. The van der Waals surface area contributed by atoms with Crippen LogP contribution in [0.3, 0.4) is 0 Å². The van der Waals surface area contributed by atoms with E-state index in [0.29, 0.717) is 6.54 Å². The van der Waals surface area contributed by atoms with Gasteiger partial charge in [0.15, 0.2) is 0 Å². The molecule has 0 aromatic heterocycles. The molecule has 0 radical (unpaired) electrons. The molecule has 0 aromatic rings. The van der Waals surface area contributed by atoms with Crippen molar-refractivity contribution >= 4 is 5.97 Å². The maximum absolute atomic E-state index is 10.7. The van der Waals surface area contributed by atoms with Crippen molar-refractivity contribution in [3.8, 4) is 0 Å². The van der Waals surface area contributed by atoms with E-state index in [1.165, 1.54) is 38.6 Å². The Hall–Kier alpha value is -0.650. The molecular formula is C17H32N2O3. The second kappa shape index (κ2) is 8.85. The van der Waals surface area contributed by atoms with Gasteiger partial charge in [-0.15, -0.1) is 0 Å². The van der Waals surface area contributed by atoms with E-state index in [1.54, 1.807) is 0 Å². The SMILES string of the molecule is CC1CCCC(CCN2CCOC(CN(C)CC(=O)O)C2)C1. The van der Waals surface area contributed by atoms with Crippen LogP contribution in [0.4, 0.5) is 0 Å². The van der Waals surface area contributed by atoms with E-state index in [4.69, 9.17) is 9.84 Å². The van der Waals surface area contributed by atoms with Crippen molar-refractivity contribution in [2.75, 3.05) is 46.4 Å². The Bertz CT molecular complexity index is 351. The number of ether oxygens (including phenoxy) is 1. The van der Waals surface area contributed by atoms with Gasteiger partial charge in [-0.3, -0.25) is 14.6 Å². The van der Waals surface area contributed by atoms with Gasteiger partial charge in [-0.2, -0.15) is 0 Å². The molecule has 0 bridgehead atoms. The first-order valence-electron chi connectivity index (χ1n) is 8.77. The van der Waals surface area contributed by atoms with Gasteiger partial charge in [0.1, 0.15) is 0 Å². The van der Waals surface area contributed by atoms with Gasteiger partial charge in [-0.1, -0.05) is 26.2 Å². The van der Waals surface area contributed by atoms with E-state index >= 15 is 0 Å². The molecular weight excluding hydrogens is 280 g/mol. The monoisotopic (exact) mass is 312 g/mol. The molecule has 1 saturated carbocycles. The van der Waals surface area contributed by atoms with E-state index in [-0.39, 0.29) is 12.6 Å². The summed E-state index contributed by atoms with van der Waals surface area (Å²) in [5.41, 5.74) is 0. The number of hydrogen-bond donors (Lipinski definition) is 1. The molecule has 0 aromatic carbocycles. The number of morpholine rings is 1. The summed E-state index contributed by atoms with van der Waals surface area (Å²) in [4.78, 5) is 15.1. The summed E-state index contributed by atoms with van der Waals surface area (Å²) in [5, 5.41) is 8.82. The highest BCUT2D eigenvalue weighted by molar-refractivity contribution is 5.68. The first kappa shape index (κ1) is 17.7. The van der Waals surface area contributed by atoms with Crippen LogP contribution in [0, 0.1) is 11.8 Å². The molecule has 3 atom stereocenters. The van der Waals surface area contributed by atoms with E-state index in [0.717, 1.165) is 31.5 Å². The van der Waals surface area contributed by atoms with Crippen LogP contribution in [0.5, 0.6) is 0 Å². The Kier molecular flexibility index (Phi) is 7.12. The van der Waals surface area contributed by atoms with Gasteiger partial charge in [0.05, 0.1) is 19.3 Å². The lowest BCUT2D eigenvalue weighted by atomic mass is 9.81. The van der Waals surface area contributed by atoms with Gasteiger partial charge < -0.3 is 9.84 Å². The van der Waals surface area contributed by atoms with Gasteiger partial charge >= 0.3 is 5.97 Å². The number of aliphatic carboxylic acids is 1. The lowest BCUT2D eigenvalue weighted by Gasteiger charge is -2.36. The average Bonchev–Trinajstić information content (AvgIpc) is 2.44. The first-order valence-corrected chi connectivity index (χ1v) is 8.77. The minimum absolute atomic E-state index is 0.0832.